The van der Waals surface area contributed by atoms with Crippen molar-refractivity contribution in [2.75, 3.05) is 36.0 Å². The standard InChI is InChI=1S/C24H29N5O3/c1-16(30)25-14-21(31)29-15-24(18-7-3-5-9-20(18)29)10-12-28(13-11-24)23-26-19-8-4-2-6-17(19)22(32)27-23/h3,5,7,9H,2,4,6,8,10-15H2,1H3,(H,25,30)(H,26,27,32). The van der Waals surface area contributed by atoms with Crippen LogP contribution in [0.2, 0.25) is 0 Å². The Hall–Kier alpha value is -3.16. The molecule has 1 spiro atoms. The summed E-state index contributed by atoms with van der Waals surface area (Å²) in [7, 11) is 0. The number of hydrogen-bond acceptors (Lipinski definition) is 5. The van der Waals surface area contributed by atoms with Gasteiger partial charge in [-0.25, -0.2) is 4.98 Å². The molecule has 0 unspecified atom stereocenters. The maximum Gasteiger partial charge on any atom is 0.255 e. The van der Waals surface area contributed by atoms with Crippen molar-refractivity contribution in [3.05, 3.63) is 51.4 Å². The summed E-state index contributed by atoms with van der Waals surface area (Å²) in [6, 6.07) is 8.09. The van der Waals surface area contributed by atoms with Crippen molar-refractivity contribution in [1.82, 2.24) is 15.3 Å². The molecule has 1 saturated heterocycles. The van der Waals surface area contributed by atoms with Crippen LogP contribution in [0.5, 0.6) is 0 Å². The molecule has 0 bridgehead atoms. The van der Waals surface area contributed by atoms with Gasteiger partial charge in [0, 0.05) is 43.2 Å². The third kappa shape index (κ3) is 3.57. The summed E-state index contributed by atoms with van der Waals surface area (Å²) >= 11 is 0. The number of piperidine rings is 1. The summed E-state index contributed by atoms with van der Waals surface area (Å²) in [5.41, 5.74) is 3.83. The van der Waals surface area contributed by atoms with Gasteiger partial charge >= 0.3 is 0 Å². The molecule has 2 aromatic rings. The first kappa shape index (κ1) is 20.7. The van der Waals surface area contributed by atoms with Gasteiger partial charge in [0.2, 0.25) is 17.8 Å². The Bertz CT molecular complexity index is 1120. The average Bonchev–Trinajstić information content (AvgIpc) is 3.12. The van der Waals surface area contributed by atoms with Crippen molar-refractivity contribution in [2.24, 2.45) is 0 Å². The molecule has 1 fully saturated rings. The summed E-state index contributed by atoms with van der Waals surface area (Å²) < 4.78 is 0. The van der Waals surface area contributed by atoms with Crippen LogP contribution >= 0.6 is 0 Å². The van der Waals surface area contributed by atoms with Crippen molar-refractivity contribution in [3.8, 4) is 0 Å². The van der Waals surface area contributed by atoms with E-state index in [0.29, 0.717) is 12.5 Å². The molecule has 1 aliphatic carbocycles. The van der Waals surface area contributed by atoms with Gasteiger partial charge in [-0.1, -0.05) is 18.2 Å². The lowest BCUT2D eigenvalue weighted by molar-refractivity contribution is -0.123. The maximum atomic E-state index is 12.8. The van der Waals surface area contributed by atoms with E-state index in [2.05, 4.69) is 21.3 Å². The normalized spacial score (nSPS) is 18.9. The van der Waals surface area contributed by atoms with Gasteiger partial charge < -0.3 is 15.1 Å². The maximum absolute atomic E-state index is 12.8. The molecule has 2 amide bonds. The highest BCUT2D eigenvalue weighted by Gasteiger charge is 2.46. The number of carbonyl (C=O) groups is 2. The Balaban J connectivity index is 1.36. The van der Waals surface area contributed by atoms with Crippen LogP contribution in [-0.4, -0.2) is 48.0 Å². The molecular formula is C24H29N5O3. The van der Waals surface area contributed by atoms with Gasteiger partial charge in [0.1, 0.15) is 0 Å². The number of hydrogen-bond donors (Lipinski definition) is 2. The molecule has 1 aromatic heterocycles. The van der Waals surface area contributed by atoms with E-state index < -0.39 is 0 Å². The molecule has 0 atom stereocenters. The number of aromatic amines is 1. The molecule has 1 aromatic carbocycles. The second kappa shape index (κ2) is 8.07. The summed E-state index contributed by atoms with van der Waals surface area (Å²) in [6.45, 7) is 3.58. The second-order valence-electron chi connectivity index (χ2n) is 9.20. The lowest BCUT2D eigenvalue weighted by atomic mass is 9.74. The fraction of sp³-hybridized carbons (Fsp3) is 0.500. The lowest BCUT2D eigenvalue weighted by Crippen LogP contribution is -2.48. The van der Waals surface area contributed by atoms with Crippen LogP contribution in [0.4, 0.5) is 11.6 Å². The Morgan fingerprint density at radius 3 is 2.69 bits per heavy atom. The molecular weight excluding hydrogens is 406 g/mol. The molecule has 2 aliphatic heterocycles. The molecule has 5 rings (SSSR count). The van der Waals surface area contributed by atoms with Crippen LogP contribution in [0.3, 0.4) is 0 Å². The molecule has 8 heteroatoms. The number of H-pyrrole nitrogens is 1. The van der Waals surface area contributed by atoms with Gasteiger partial charge in [0.25, 0.3) is 5.56 Å². The summed E-state index contributed by atoms with van der Waals surface area (Å²) in [6.07, 6.45) is 5.58. The van der Waals surface area contributed by atoms with Crippen LogP contribution in [0.1, 0.15) is 49.4 Å². The number of fused-ring (bicyclic) bond motifs is 3. The van der Waals surface area contributed by atoms with Crippen molar-refractivity contribution in [3.63, 3.8) is 0 Å². The number of anilines is 2. The van der Waals surface area contributed by atoms with E-state index in [-0.39, 0.29) is 29.3 Å². The zero-order valence-electron chi connectivity index (χ0n) is 18.4. The predicted molar refractivity (Wildman–Crippen MR) is 122 cm³/mol. The van der Waals surface area contributed by atoms with E-state index in [1.165, 1.54) is 12.5 Å². The topological polar surface area (TPSA) is 98.4 Å². The fourth-order valence-corrected chi connectivity index (χ4v) is 5.46. The Morgan fingerprint density at radius 2 is 1.91 bits per heavy atom. The van der Waals surface area contributed by atoms with E-state index in [4.69, 9.17) is 4.98 Å². The minimum atomic E-state index is -0.208. The summed E-state index contributed by atoms with van der Waals surface area (Å²) in [4.78, 5) is 48.5. The Morgan fingerprint density at radius 1 is 1.16 bits per heavy atom. The molecule has 3 aliphatic rings. The highest BCUT2D eigenvalue weighted by Crippen LogP contribution is 2.47. The zero-order chi connectivity index (χ0) is 22.3. The first-order chi connectivity index (χ1) is 15.5. The third-order valence-electron chi connectivity index (χ3n) is 7.22. The fourth-order valence-electron chi connectivity index (χ4n) is 5.46. The van der Waals surface area contributed by atoms with Crippen molar-refractivity contribution in [1.29, 1.82) is 0 Å². The van der Waals surface area contributed by atoms with E-state index in [1.54, 1.807) is 0 Å². The largest absolute Gasteiger partial charge is 0.347 e. The number of benzene rings is 1. The monoisotopic (exact) mass is 435 g/mol. The number of carbonyl (C=O) groups excluding carboxylic acids is 2. The van der Waals surface area contributed by atoms with Crippen LogP contribution in [0.15, 0.2) is 29.1 Å². The predicted octanol–water partition coefficient (Wildman–Crippen LogP) is 1.67. The molecule has 2 N–H and O–H groups in total. The number of aromatic nitrogens is 2. The number of rotatable bonds is 3. The number of para-hydroxylation sites is 1. The second-order valence-corrected chi connectivity index (χ2v) is 9.20. The molecule has 32 heavy (non-hydrogen) atoms. The van der Waals surface area contributed by atoms with Crippen LogP contribution in [0.25, 0.3) is 0 Å². The van der Waals surface area contributed by atoms with Crippen LogP contribution < -0.4 is 20.7 Å². The number of amides is 2. The molecule has 0 radical (unpaired) electrons. The highest BCUT2D eigenvalue weighted by molar-refractivity contribution is 5.99. The summed E-state index contributed by atoms with van der Waals surface area (Å²) in [5, 5.41) is 2.62. The van der Waals surface area contributed by atoms with Gasteiger partial charge in [0.05, 0.1) is 12.2 Å². The summed E-state index contributed by atoms with van der Waals surface area (Å²) in [5.74, 6) is 0.378. The van der Waals surface area contributed by atoms with Crippen molar-refractivity contribution >= 4 is 23.5 Å². The molecule has 3 heterocycles. The number of nitrogens with one attached hydrogen (secondary N) is 2. The molecule has 168 valence electrons. The smallest absolute Gasteiger partial charge is 0.255 e. The van der Waals surface area contributed by atoms with E-state index in [1.807, 2.05) is 23.1 Å². The third-order valence-corrected chi connectivity index (χ3v) is 7.22. The molecule has 8 nitrogen and oxygen atoms in total. The minimum absolute atomic E-state index is 0.00550. The van der Waals surface area contributed by atoms with E-state index in [9.17, 15) is 14.4 Å². The quantitative estimate of drug-likeness (QED) is 0.764. The lowest BCUT2D eigenvalue weighted by Gasteiger charge is -2.40. The Labute approximate surface area is 187 Å². The average molecular weight is 436 g/mol. The number of nitrogens with zero attached hydrogens (tertiary/aromatic N) is 3. The van der Waals surface area contributed by atoms with Crippen LogP contribution in [0, 0.1) is 0 Å². The van der Waals surface area contributed by atoms with Gasteiger partial charge in [-0.2, -0.15) is 0 Å². The zero-order valence-corrected chi connectivity index (χ0v) is 18.4. The number of aryl methyl sites for hydroxylation is 1. The van der Waals surface area contributed by atoms with Crippen molar-refractivity contribution in [2.45, 2.75) is 50.9 Å². The van der Waals surface area contributed by atoms with Crippen LogP contribution in [-0.2, 0) is 27.8 Å². The SMILES string of the molecule is CC(=O)NCC(=O)N1CC2(CCN(c3nc4c(c(=O)[nH]3)CCCC4)CC2)c2ccccc21. The molecule has 0 saturated carbocycles. The van der Waals surface area contributed by atoms with Crippen molar-refractivity contribution < 1.29 is 9.59 Å². The van der Waals surface area contributed by atoms with Gasteiger partial charge in [-0.15, -0.1) is 0 Å². The highest BCUT2D eigenvalue weighted by atomic mass is 16.2. The van der Waals surface area contributed by atoms with Gasteiger partial charge in [0.15, 0.2) is 0 Å². The minimum Gasteiger partial charge on any atom is -0.347 e. The first-order valence-electron chi connectivity index (χ1n) is 11.5. The van der Waals surface area contributed by atoms with Gasteiger partial charge in [-0.05, 0) is 50.2 Å². The van der Waals surface area contributed by atoms with E-state index >= 15 is 0 Å². The van der Waals surface area contributed by atoms with Gasteiger partial charge in [-0.3, -0.25) is 19.4 Å². The first-order valence-corrected chi connectivity index (χ1v) is 11.5. The Kier molecular flexibility index (Phi) is 5.23. The van der Waals surface area contributed by atoms with E-state index in [0.717, 1.165) is 68.6 Å².